The number of para-hydroxylation sites is 1. The van der Waals surface area contributed by atoms with Crippen LogP contribution in [0.5, 0.6) is 0 Å². The Morgan fingerprint density at radius 1 is 0.897 bits per heavy atom. The van der Waals surface area contributed by atoms with E-state index >= 15 is 0 Å². The molecule has 0 saturated carbocycles. The zero-order valence-electron chi connectivity index (χ0n) is 16.0. The van der Waals surface area contributed by atoms with Crippen molar-refractivity contribution >= 4 is 29.2 Å². The van der Waals surface area contributed by atoms with Crippen LogP contribution in [-0.4, -0.2) is 30.4 Å². The highest BCUT2D eigenvalue weighted by Crippen LogP contribution is 2.13. The molecule has 0 aromatic heterocycles. The molecule has 0 fully saturated rings. The summed E-state index contributed by atoms with van der Waals surface area (Å²) in [5.74, 6) is -3.55. The van der Waals surface area contributed by atoms with Gasteiger partial charge in [-0.25, -0.2) is 13.6 Å². The molecule has 0 radical (unpaired) electrons. The monoisotopic (exact) mass is 404 g/mol. The predicted octanol–water partition coefficient (Wildman–Crippen LogP) is 2.87. The third-order valence-corrected chi connectivity index (χ3v) is 3.89. The lowest BCUT2D eigenvalue weighted by atomic mass is 10.0. The number of urea groups is 1. The van der Waals surface area contributed by atoms with Gasteiger partial charge >= 0.3 is 6.03 Å². The molecule has 0 heterocycles. The van der Waals surface area contributed by atoms with Gasteiger partial charge in [-0.1, -0.05) is 32.0 Å². The van der Waals surface area contributed by atoms with Gasteiger partial charge in [-0.15, -0.1) is 0 Å². The summed E-state index contributed by atoms with van der Waals surface area (Å²) < 4.78 is 26.1. The van der Waals surface area contributed by atoms with Gasteiger partial charge in [0.1, 0.15) is 6.04 Å². The molecular formula is C20H22F2N4O3. The van der Waals surface area contributed by atoms with E-state index in [1.54, 1.807) is 44.2 Å². The molecule has 29 heavy (non-hydrogen) atoms. The molecule has 0 saturated heterocycles. The summed E-state index contributed by atoms with van der Waals surface area (Å²) in [6.07, 6.45) is 0. The molecule has 0 bridgehead atoms. The minimum atomic E-state index is -1.10. The Balaban J connectivity index is 1.87. The van der Waals surface area contributed by atoms with Gasteiger partial charge in [0.15, 0.2) is 11.6 Å². The SMILES string of the molecule is CC(C)C(NC(=O)Nc1ccccc1)C(=O)NCC(=O)Nc1ccc(F)c(F)c1. The van der Waals surface area contributed by atoms with Crippen molar-refractivity contribution in [2.75, 3.05) is 17.2 Å². The zero-order chi connectivity index (χ0) is 21.4. The van der Waals surface area contributed by atoms with Crippen LogP contribution in [0.4, 0.5) is 25.0 Å². The van der Waals surface area contributed by atoms with Crippen molar-refractivity contribution in [1.82, 2.24) is 10.6 Å². The van der Waals surface area contributed by atoms with Crippen molar-refractivity contribution in [1.29, 1.82) is 0 Å². The first kappa shape index (κ1) is 21.8. The Hall–Kier alpha value is -3.49. The van der Waals surface area contributed by atoms with E-state index in [2.05, 4.69) is 21.3 Å². The fraction of sp³-hybridized carbons (Fsp3) is 0.250. The number of hydrogen-bond acceptors (Lipinski definition) is 3. The van der Waals surface area contributed by atoms with E-state index in [-0.39, 0.29) is 11.6 Å². The number of halogens is 2. The molecule has 0 aliphatic rings. The molecule has 2 aromatic rings. The summed E-state index contributed by atoms with van der Waals surface area (Å²) in [6.45, 7) is 3.09. The Morgan fingerprint density at radius 2 is 1.59 bits per heavy atom. The van der Waals surface area contributed by atoms with E-state index in [1.807, 2.05) is 0 Å². The molecule has 2 aromatic carbocycles. The summed E-state index contributed by atoms with van der Waals surface area (Å²) in [7, 11) is 0. The van der Waals surface area contributed by atoms with Crippen molar-refractivity contribution in [3.05, 3.63) is 60.2 Å². The van der Waals surface area contributed by atoms with Crippen LogP contribution in [-0.2, 0) is 9.59 Å². The van der Waals surface area contributed by atoms with Crippen LogP contribution in [0.2, 0.25) is 0 Å². The van der Waals surface area contributed by atoms with E-state index in [4.69, 9.17) is 0 Å². The van der Waals surface area contributed by atoms with E-state index < -0.39 is 42.1 Å². The van der Waals surface area contributed by atoms with Gasteiger partial charge < -0.3 is 21.3 Å². The summed E-state index contributed by atoms with van der Waals surface area (Å²) >= 11 is 0. The van der Waals surface area contributed by atoms with Crippen LogP contribution in [0.1, 0.15) is 13.8 Å². The van der Waals surface area contributed by atoms with Crippen LogP contribution in [0.25, 0.3) is 0 Å². The van der Waals surface area contributed by atoms with Crippen LogP contribution >= 0.6 is 0 Å². The summed E-state index contributed by atoms with van der Waals surface area (Å²) in [5.41, 5.74) is 0.628. The van der Waals surface area contributed by atoms with Gasteiger partial charge in [0.25, 0.3) is 0 Å². The van der Waals surface area contributed by atoms with E-state index in [0.717, 1.165) is 12.1 Å². The lowest BCUT2D eigenvalue weighted by molar-refractivity contribution is -0.126. The molecule has 0 spiro atoms. The first-order valence-electron chi connectivity index (χ1n) is 8.91. The topological polar surface area (TPSA) is 99.3 Å². The molecule has 9 heteroatoms. The van der Waals surface area contributed by atoms with Gasteiger partial charge in [0.2, 0.25) is 11.8 Å². The third kappa shape index (κ3) is 6.87. The molecule has 4 amide bonds. The highest BCUT2D eigenvalue weighted by Gasteiger charge is 2.24. The highest BCUT2D eigenvalue weighted by atomic mass is 19.2. The summed E-state index contributed by atoms with van der Waals surface area (Å²) in [4.78, 5) is 36.4. The Kier molecular flexibility index (Phi) is 7.64. The number of anilines is 2. The van der Waals surface area contributed by atoms with Crippen molar-refractivity contribution < 1.29 is 23.2 Å². The largest absolute Gasteiger partial charge is 0.345 e. The standard InChI is InChI=1S/C20H22F2N4O3/c1-12(2)18(26-20(29)25-13-6-4-3-5-7-13)19(28)23-11-17(27)24-14-8-9-15(21)16(22)10-14/h3-10,12,18H,11H2,1-2H3,(H,23,28)(H,24,27)(H2,25,26,29). The fourth-order valence-electron chi connectivity index (χ4n) is 2.42. The minimum absolute atomic E-state index is 0.0592. The number of rotatable bonds is 7. The number of carbonyl (C=O) groups is 3. The predicted molar refractivity (Wildman–Crippen MR) is 105 cm³/mol. The first-order chi connectivity index (χ1) is 13.8. The number of hydrogen-bond donors (Lipinski definition) is 4. The van der Waals surface area contributed by atoms with E-state index in [9.17, 15) is 23.2 Å². The maximum absolute atomic E-state index is 13.2. The Morgan fingerprint density at radius 3 is 2.21 bits per heavy atom. The normalized spacial score (nSPS) is 11.5. The molecule has 1 atom stereocenters. The van der Waals surface area contributed by atoms with Gasteiger partial charge in [-0.3, -0.25) is 9.59 Å². The van der Waals surface area contributed by atoms with Crippen LogP contribution in [0, 0.1) is 17.6 Å². The third-order valence-electron chi connectivity index (χ3n) is 3.89. The van der Waals surface area contributed by atoms with Gasteiger partial charge in [0.05, 0.1) is 6.54 Å². The molecule has 154 valence electrons. The molecule has 7 nitrogen and oxygen atoms in total. The number of benzene rings is 2. The molecule has 0 aliphatic heterocycles. The minimum Gasteiger partial charge on any atom is -0.345 e. The summed E-state index contributed by atoms with van der Waals surface area (Å²) in [5, 5.41) is 9.95. The number of nitrogens with one attached hydrogen (secondary N) is 4. The quantitative estimate of drug-likeness (QED) is 0.571. The Bertz CT molecular complexity index is 875. The second-order valence-corrected chi connectivity index (χ2v) is 6.58. The molecule has 0 aliphatic carbocycles. The van der Waals surface area contributed by atoms with Crippen LogP contribution in [0.15, 0.2) is 48.5 Å². The van der Waals surface area contributed by atoms with E-state index in [0.29, 0.717) is 5.69 Å². The molecule has 1 unspecified atom stereocenters. The fourth-order valence-corrected chi connectivity index (χ4v) is 2.42. The van der Waals surface area contributed by atoms with Gasteiger partial charge in [-0.2, -0.15) is 0 Å². The van der Waals surface area contributed by atoms with Crippen molar-refractivity contribution in [2.24, 2.45) is 5.92 Å². The first-order valence-corrected chi connectivity index (χ1v) is 8.91. The average Bonchev–Trinajstić information content (AvgIpc) is 2.67. The second kappa shape index (κ2) is 10.2. The van der Waals surface area contributed by atoms with Gasteiger partial charge in [0, 0.05) is 17.4 Å². The van der Waals surface area contributed by atoms with Crippen molar-refractivity contribution in [3.63, 3.8) is 0 Å². The molecular weight excluding hydrogens is 382 g/mol. The second-order valence-electron chi connectivity index (χ2n) is 6.58. The average molecular weight is 404 g/mol. The number of amides is 4. The lowest BCUT2D eigenvalue weighted by Gasteiger charge is -2.22. The summed E-state index contributed by atoms with van der Waals surface area (Å²) in [6, 6.07) is 10.2. The maximum atomic E-state index is 13.2. The Labute approximate surface area is 166 Å². The zero-order valence-corrected chi connectivity index (χ0v) is 16.0. The van der Waals surface area contributed by atoms with Crippen LogP contribution in [0.3, 0.4) is 0 Å². The van der Waals surface area contributed by atoms with Gasteiger partial charge in [-0.05, 0) is 30.2 Å². The smallest absolute Gasteiger partial charge is 0.319 e. The highest BCUT2D eigenvalue weighted by molar-refractivity contribution is 5.97. The van der Waals surface area contributed by atoms with Crippen molar-refractivity contribution in [2.45, 2.75) is 19.9 Å². The lowest BCUT2D eigenvalue weighted by Crippen LogP contribution is -2.52. The van der Waals surface area contributed by atoms with E-state index in [1.165, 1.54) is 6.07 Å². The number of carbonyl (C=O) groups excluding carboxylic acids is 3. The van der Waals surface area contributed by atoms with Crippen molar-refractivity contribution in [3.8, 4) is 0 Å². The maximum Gasteiger partial charge on any atom is 0.319 e. The molecule has 2 rings (SSSR count). The van der Waals surface area contributed by atoms with Crippen LogP contribution < -0.4 is 21.3 Å². The molecule has 4 N–H and O–H groups in total.